The predicted octanol–water partition coefficient (Wildman–Crippen LogP) is 2.71. The van der Waals surface area contributed by atoms with Gasteiger partial charge in [0.1, 0.15) is 11.6 Å². The molecule has 0 bridgehead atoms. The molecule has 1 unspecified atom stereocenters. The Morgan fingerprint density at radius 2 is 2.04 bits per heavy atom. The fourth-order valence-corrected chi connectivity index (χ4v) is 5.16. The Labute approximate surface area is 148 Å². The predicted molar refractivity (Wildman–Crippen MR) is 94.3 cm³/mol. The van der Waals surface area contributed by atoms with Crippen molar-refractivity contribution in [3.05, 3.63) is 42.0 Å². The molecule has 0 amide bonds. The third kappa shape index (κ3) is 2.95. The molecule has 134 valence electrons. The summed E-state index contributed by atoms with van der Waals surface area (Å²) < 4.78 is 35.0. The van der Waals surface area contributed by atoms with Crippen LogP contribution in [-0.4, -0.2) is 42.5 Å². The number of methoxy groups -OCH3 is 1. The highest BCUT2D eigenvalue weighted by Gasteiger charge is 2.37. The van der Waals surface area contributed by atoms with Crippen LogP contribution in [0.15, 0.2) is 35.4 Å². The molecule has 1 atom stereocenters. The van der Waals surface area contributed by atoms with E-state index in [1.54, 1.807) is 35.7 Å². The number of benzene rings is 1. The van der Waals surface area contributed by atoms with Crippen LogP contribution in [0.2, 0.25) is 0 Å². The fraction of sp³-hybridized carbons (Fsp3) is 0.500. The number of aryl methyl sites for hydroxylation is 1. The number of ether oxygens (including phenoxy) is 1. The van der Waals surface area contributed by atoms with Crippen LogP contribution >= 0.6 is 0 Å². The van der Waals surface area contributed by atoms with Crippen LogP contribution < -0.4 is 4.74 Å². The lowest BCUT2D eigenvalue weighted by Crippen LogP contribution is -2.29. The minimum absolute atomic E-state index is 0.165. The average Bonchev–Trinajstić information content (AvgIpc) is 3.21. The summed E-state index contributed by atoms with van der Waals surface area (Å²) in [7, 11) is -1.97. The molecular formula is C18H23N3O3S. The maximum atomic E-state index is 13.0. The van der Waals surface area contributed by atoms with E-state index in [0.29, 0.717) is 24.8 Å². The van der Waals surface area contributed by atoms with Gasteiger partial charge in [-0.05, 0) is 38.3 Å². The molecule has 2 aliphatic rings. The summed E-state index contributed by atoms with van der Waals surface area (Å²) in [5, 5.41) is 0. The van der Waals surface area contributed by atoms with E-state index in [1.165, 1.54) is 12.8 Å². The van der Waals surface area contributed by atoms with E-state index in [0.717, 1.165) is 17.9 Å². The molecule has 7 heteroatoms. The van der Waals surface area contributed by atoms with Crippen molar-refractivity contribution < 1.29 is 13.2 Å². The highest BCUT2D eigenvalue weighted by Crippen LogP contribution is 2.41. The molecule has 1 saturated heterocycles. The van der Waals surface area contributed by atoms with Gasteiger partial charge in [0.2, 0.25) is 10.0 Å². The van der Waals surface area contributed by atoms with Gasteiger partial charge in [-0.2, -0.15) is 4.31 Å². The average molecular weight is 361 g/mol. The lowest BCUT2D eigenvalue weighted by Gasteiger charge is -2.20. The van der Waals surface area contributed by atoms with Gasteiger partial charge in [0, 0.05) is 37.0 Å². The van der Waals surface area contributed by atoms with Crippen molar-refractivity contribution in [1.29, 1.82) is 0 Å². The summed E-state index contributed by atoms with van der Waals surface area (Å²) in [6, 6.07) is 6.84. The van der Waals surface area contributed by atoms with Crippen molar-refractivity contribution in [2.24, 2.45) is 0 Å². The van der Waals surface area contributed by atoms with Crippen molar-refractivity contribution in [1.82, 2.24) is 13.9 Å². The van der Waals surface area contributed by atoms with Crippen LogP contribution in [0.3, 0.4) is 0 Å². The van der Waals surface area contributed by atoms with Gasteiger partial charge < -0.3 is 9.30 Å². The molecule has 6 nitrogen and oxygen atoms in total. The van der Waals surface area contributed by atoms with Crippen LogP contribution in [0, 0.1) is 6.92 Å². The summed E-state index contributed by atoms with van der Waals surface area (Å²) in [6.07, 6.45) is 5.11. The van der Waals surface area contributed by atoms with Gasteiger partial charge in [-0.15, -0.1) is 0 Å². The monoisotopic (exact) mass is 361 g/mol. The number of nitrogens with zero attached hydrogens (tertiary/aromatic N) is 3. The topological polar surface area (TPSA) is 64.4 Å². The summed E-state index contributed by atoms with van der Waals surface area (Å²) >= 11 is 0. The first-order valence-electron chi connectivity index (χ1n) is 8.68. The van der Waals surface area contributed by atoms with Crippen molar-refractivity contribution in [2.75, 3.05) is 20.2 Å². The molecule has 2 fully saturated rings. The molecule has 0 spiro atoms. The highest BCUT2D eigenvalue weighted by atomic mass is 32.2. The van der Waals surface area contributed by atoms with Crippen molar-refractivity contribution in [3.63, 3.8) is 0 Å². The molecule has 1 saturated carbocycles. The number of hydrogen-bond donors (Lipinski definition) is 0. The van der Waals surface area contributed by atoms with Gasteiger partial charge in [0.25, 0.3) is 0 Å². The summed E-state index contributed by atoms with van der Waals surface area (Å²) in [5.41, 5.74) is 1.12. The van der Waals surface area contributed by atoms with Crippen LogP contribution in [0.25, 0.3) is 0 Å². The molecule has 1 aliphatic heterocycles. The first-order valence-corrected chi connectivity index (χ1v) is 10.1. The number of sulfonamides is 1. The van der Waals surface area contributed by atoms with E-state index in [9.17, 15) is 8.42 Å². The van der Waals surface area contributed by atoms with Crippen molar-refractivity contribution in [3.8, 4) is 5.75 Å². The third-order valence-electron chi connectivity index (χ3n) is 5.12. The zero-order valence-electron chi connectivity index (χ0n) is 14.6. The van der Waals surface area contributed by atoms with Crippen LogP contribution in [0.5, 0.6) is 5.75 Å². The second-order valence-electron chi connectivity index (χ2n) is 6.89. The van der Waals surface area contributed by atoms with Gasteiger partial charge in [0.15, 0.2) is 0 Å². The largest absolute Gasteiger partial charge is 0.497 e. The quantitative estimate of drug-likeness (QED) is 0.821. The fourth-order valence-electron chi connectivity index (χ4n) is 3.63. The van der Waals surface area contributed by atoms with Gasteiger partial charge in [0.05, 0.1) is 18.0 Å². The van der Waals surface area contributed by atoms with Crippen LogP contribution in [0.4, 0.5) is 0 Å². The third-order valence-corrected chi connectivity index (χ3v) is 6.98. The normalized spacial score (nSPS) is 21.6. The van der Waals surface area contributed by atoms with E-state index in [4.69, 9.17) is 4.74 Å². The zero-order valence-corrected chi connectivity index (χ0v) is 15.4. The van der Waals surface area contributed by atoms with Gasteiger partial charge >= 0.3 is 0 Å². The highest BCUT2D eigenvalue weighted by molar-refractivity contribution is 7.89. The summed E-state index contributed by atoms with van der Waals surface area (Å²) in [5.74, 6) is 2.24. The van der Waals surface area contributed by atoms with E-state index in [2.05, 4.69) is 16.5 Å². The maximum Gasteiger partial charge on any atom is 0.243 e. The van der Waals surface area contributed by atoms with Gasteiger partial charge in [-0.1, -0.05) is 6.07 Å². The Hall–Kier alpha value is -1.86. The van der Waals surface area contributed by atoms with Gasteiger partial charge in [-0.25, -0.2) is 13.4 Å². The smallest absolute Gasteiger partial charge is 0.243 e. The maximum absolute atomic E-state index is 13.0. The van der Waals surface area contributed by atoms with E-state index < -0.39 is 10.0 Å². The van der Waals surface area contributed by atoms with Gasteiger partial charge in [-0.3, -0.25) is 0 Å². The lowest BCUT2D eigenvalue weighted by atomic mass is 10.2. The SMILES string of the molecule is COc1cccc(S(=O)(=O)N2CCC(n3c(C)cnc3C3CC3)C2)c1. The first kappa shape index (κ1) is 16.6. The Balaban J connectivity index is 1.59. The Bertz CT molecular complexity index is 887. The lowest BCUT2D eigenvalue weighted by molar-refractivity contribution is 0.412. The summed E-state index contributed by atoms with van der Waals surface area (Å²) in [4.78, 5) is 4.86. The Morgan fingerprint density at radius 3 is 2.76 bits per heavy atom. The standard InChI is InChI=1S/C18H23N3O3S/c1-13-11-19-18(14-6-7-14)21(13)15-8-9-20(12-15)25(22,23)17-5-3-4-16(10-17)24-2/h3-5,10-11,14-15H,6-9,12H2,1-2H3. The molecule has 1 aromatic carbocycles. The Kier molecular flexibility index (Phi) is 4.08. The molecule has 2 aromatic rings. The molecule has 25 heavy (non-hydrogen) atoms. The van der Waals surface area contributed by atoms with E-state index in [-0.39, 0.29) is 10.9 Å². The molecule has 1 aliphatic carbocycles. The number of rotatable bonds is 5. The molecular weight excluding hydrogens is 338 g/mol. The number of hydrogen-bond acceptors (Lipinski definition) is 4. The zero-order chi connectivity index (χ0) is 17.6. The minimum atomic E-state index is -3.51. The second kappa shape index (κ2) is 6.14. The Morgan fingerprint density at radius 1 is 1.24 bits per heavy atom. The first-order chi connectivity index (χ1) is 12.0. The molecule has 0 N–H and O–H groups in total. The molecule has 0 radical (unpaired) electrons. The molecule has 4 rings (SSSR count). The molecule has 2 heterocycles. The van der Waals surface area contributed by atoms with Crippen LogP contribution in [-0.2, 0) is 10.0 Å². The van der Waals surface area contributed by atoms with Crippen molar-refractivity contribution >= 4 is 10.0 Å². The second-order valence-corrected chi connectivity index (χ2v) is 8.82. The number of aromatic nitrogens is 2. The van der Waals surface area contributed by atoms with E-state index in [1.807, 2.05) is 6.20 Å². The molecule has 1 aromatic heterocycles. The van der Waals surface area contributed by atoms with E-state index >= 15 is 0 Å². The number of imidazole rings is 1. The minimum Gasteiger partial charge on any atom is -0.497 e. The van der Waals surface area contributed by atoms with Crippen LogP contribution in [0.1, 0.15) is 42.7 Å². The van der Waals surface area contributed by atoms with Crippen molar-refractivity contribution in [2.45, 2.75) is 43.0 Å². The summed E-state index contributed by atoms with van der Waals surface area (Å²) in [6.45, 7) is 3.08.